The highest BCUT2D eigenvalue weighted by Crippen LogP contribution is 2.37. The lowest BCUT2D eigenvalue weighted by atomic mass is 9.75. The van der Waals surface area contributed by atoms with Crippen LogP contribution in [0.1, 0.15) is 19.4 Å². The van der Waals surface area contributed by atoms with Crippen LogP contribution in [0.25, 0.3) is 0 Å². The summed E-state index contributed by atoms with van der Waals surface area (Å²) >= 11 is 0. The molecule has 1 unspecified atom stereocenters. The number of carbonyl (C=O) groups is 2. The quantitative estimate of drug-likeness (QED) is 0.884. The number of aliphatic carboxylic acids is 1. The molecule has 1 atom stereocenters. The highest BCUT2D eigenvalue weighted by molar-refractivity contribution is 5.86. The fourth-order valence-corrected chi connectivity index (χ4v) is 2.32. The monoisotopic (exact) mass is 293 g/mol. The molecule has 1 aromatic carbocycles. The highest BCUT2D eigenvalue weighted by atomic mass is 16.6. The number of alkyl carbamates (subject to hydrolysis) is 1. The van der Waals surface area contributed by atoms with Crippen LogP contribution in [-0.4, -0.2) is 35.9 Å². The number of hydrogen-bond donors (Lipinski definition) is 2. The van der Waals surface area contributed by atoms with Crippen molar-refractivity contribution in [2.45, 2.75) is 26.0 Å². The summed E-state index contributed by atoms with van der Waals surface area (Å²) in [5.74, 6) is -1.12. The van der Waals surface area contributed by atoms with Crippen LogP contribution in [0.15, 0.2) is 30.3 Å². The molecule has 1 aliphatic heterocycles. The molecule has 1 heterocycles. The zero-order valence-corrected chi connectivity index (χ0v) is 12.1. The third-order valence-corrected chi connectivity index (χ3v) is 3.83. The van der Waals surface area contributed by atoms with E-state index in [1.807, 2.05) is 30.3 Å². The topological polar surface area (TPSA) is 84.9 Å². The van der Waals surface area contributed by atoms with Gasteiger partial charge in [-0.15, -0.1) is 0 Å². The molecule has 0 saturated carbocycles. The average molecular weight is 293 g/mol. The SMILES string of the molecule is CC1(C)COCC1(NC(=O)OCc1ccccc1)C(=O)O. The fourth-order valence-electron chi connectivity index (χ4n) is 2.32. The Labute approximate surface area is 123 Å². The number of amides is 1. The summed E-state index contributed by atoms with van der Waals surface area (Å²) in [7, 11) is 0. The second-order valence-electron chi connectivity index (χ2n) is 5.77. The molecule has 1 aliphatic rings. The molecule has 1 amide bonds. The normalized spacial score (nSPS) is 23.5. The van der Waals surface area contributed by atoms with Gasteiger partial charge < -0.3 is 19.9 Å². The van der Waals surface area contributed by atoms with E-state index in [1.54, 1.807) is 13.8 Å². The standard InChI is InChI=1S/C15H19NO5/c1-14(2)9-20-10-15(14,12(17)18)16-13(19)21-8-11-6-4-3-5-7-11/h3-7H,8-10H2,1-2H3,(H,16,19)(H,17,18). The Morgan fingerprint density at radius 1 is 1.29 bits per heavy atom. The molecule has 6 nitrogen and oxygen atoms in total. The molecular weight excluding hydrogens is 274 g/mol. The number of rotatable bonds is 4. The van der Waals surface area contributed by atoms with Crippen molar-refractivity contribution in [2.75, 3.05) is 13.2 Å². The summed E-state index contributed by atoms with van der Waals surface area (Å²) in [5.41, 5.74) is -1.36. The number of nitrogens with one attached hydrogen (secondary N) is 1. The number of carbonyl (C=O) groups excluding carboxylic acids is 1. The maximum absolute atomic E-state index is 11.9. The minimum absolute atomic E-state index is 0.0736. The third-order valence-electron chi connectivity index (χ3n) is 3.83. The number of benzene rings is 1. The van der Waals surface area contributed by atoms with Crippen molar-refractivity contribution in [2.24, 2.45) is 5.41 Å². The summed E-state index contributed by atoms with van der Waals surface area (Å²) in [5, 5.41) is 11.9. The number of carboxylic acid groups (broad SMARTS) is 1. The van der Waals surface area contributed by atoms with Gasteiger partial charge in [0.2, 0.25) is 0 Å². The predicted molar refractivity (Wildman–Crippen MR) is 74.7 cm³/mol. The summed E-state index contributed by atoms with van der Waals surface area (Å²) in [6.07, 6.45) is -0.764. The zero-order chi connectivity index (χ0) is 15.5. The second-order valence-corrected chi connectivity index (χ2v) is 5.77. The molecule has 21 heavy (non-hydrogen) atoms. The Kier molecular flexibility index (Phi) is 4.18. The van der Waals surface area contributed by atoms with Gasteiger partial charge in [0.25, 0.3) is 0 Å². The predicted octanol–water partition coefficient (Wildman–Crippen LogP) is 1.79. The van der Waals surface area contributed by atoms with Gasteiger partial charge in [-0.3, -0.25) is 0 Å². The Hall–Kier alpha value is -2.08. The van der Waals surface area contributed by atoms with Crippen LogP contribution in [0, 0.1) is 5.41 Å². The van der Waals surface area contributed by atoms with Crippen LogP contribution < -0.4 is 5.32 Å². The van der Waals surface area contributed by atoms with Gasteiger partial charge in [-0.2, -0.15) is 0 Å². The minimum atomic E-state index is -1.47. The summed E-state index contributed by atoms with van der Waals surface area (Å²) in [4.78, 5) is 23.5. The van der Waals surface area contributed by atoms with E-state index in [1.165, 1.54) is 0 Å². The van der Waals surface area contributed by atoms with Gasteiger partial charge in [-0.1, -0.05) is 44.2 Å². The summed E-state index contributed by atoms with van der Waals surface area (Å²) < 4.78 is 10.3. The van der Waals surface area contributed by atoms with Crippen molar-refractivity contribution in [3.63, 3.8) is 0 Å². The molecule has 1 saturated heterocycles. The van der Waals surface area contributed by atoms with E-state index in [0.717, 1.165) is 5.56 Å². The molecule has 2 rings (SSSR count). The lowest BCUT2D eigenvalue weighted by molar-refractivity contribution is -0.148. The Balaban J connectivity index is 2.02. The first kappa shape index (κ1) is 15.3. The molecule has 0 aliphatic carbocycles. The molecule has 2 N–H and O–H groups in total. The Morgan fingerprint density at radius 3 is 2.48 bits per heavy atom. The second kappa shape index (κ2) is 5.73. The van der Waals surface area contributed by atoms with Crippen molar-refractivity contribution in [3.8, 4) is 0 Å². The summed E-state index contributed by atoms with van der Waals surface area (Å²) in [6.45, 7) is 3.76. The average Bonchev–Trinajstić information content (AvgIpc) is 2.74. The first-order chi connectivity index (χ1) is 9.87. The van der Waals surface area contributed by atoms with E-state index in [0.29, 0.717) is 0 Å². The highest BCUT2D eigenvalue weighted by Gasteiger charge is 2.57. The molecule has 0 bridgehead atoms. The number of ether oxygens (including phenoxy) is 2. The largest absolute Gasteiger partial charge is 0.479 e. The van der Waals surface area contributed by atoms with E-state index in [4.69, 9.17) is 9.47 Å². The van der Waals surface area contributed by atoms with E-state index in [9.17, 15) is 14.7 Å². The van der Waals surface area contributed by atoms with Crippen LogP contribution in [0.5, 0.6) is 0 Å². The zero-order valence-electron chi connectivity index (χ0n) is 12.1. The smallest absolute Gasteiger partial charge is 0.408 e. The van der Waals surface area contributed by atoms with Gasteiger partial charge in [-0.05, 0) is 5.56 Å². The van der Waals surface area contributed by atoms with Crippen LogP contribution in [0.4, 0.5) is 4.79 Å². The minimum Gasteiger partial charge on any atom is -0.479 e. The summed E-state index contributed by atoms with van der Waals surface area (Å²) in [6, 6.07) is 9.18. The van der Waals surface area contributed by atoms with Gasteiger partial charge in [0.15, 0.2) is 5.54 Å². The molecule has 0 aromatic heterocycles. The maximum atomic E-state index is 11.9. The molecule has 0 radical (unpaired) electrons. The molecule has 1 fully saturated rings. The number of hydrogen-bond acceptors (Lipinski definition) is 4. The van der Waals surface area contributed by atoms with Crippen molar-refractivity contribution in [1.82, 2.24) is 5.32 Å². The van der Waals surface area contributed by atoms with Crippen molar-refractivity contribution >= 4 is 12.1 Å². The van der Waals surface area contributed by atoms with Crippen molar-refractivity contribution in [1.29, 1.82) is 0 Å². The lowest BCUT2D eigenvalue weighted by Crippen LogP contribution is -2.63. The van der Waals surface area contributed by atoms with Crippen LogP contribution in [0.2, 0.25) is 0 Å². The van der Waals surface area contributed by atoms with Gasteiger partial charge in [0, 0.05) is 5.41 Å². The number of carboxylic acids is 1. The van der Waals surface area contributed by atoms with E-state index >= 15 is 0 Å². The molecule has 0 spiro atoms. The van der Waals surface area contributed by atoms with Crippen molar-refractivity contribution < 1.29 is 24.2 Å². The van der Waals surface area contributed by atoms with Crippen LogP contribution in [-0.2, 0) is 20.9 Å². The maximum Gasteiger partial charge on any atom is 0.408 e. The van der Waals surface area contributed by atoms with Gasteiger partial charge in [0.1, 0.15) is 6.61 Å². The van der Waals surface area contributed by atoms with Gasteiger partial charge >= 0.3 is 12.1 Å². The first-order valence-corrected chi connectivity index (χ1v) is 6.67. The molecule has 6 heteroatoms. The van der Waals surface area contributed by atoms with E-state index in [-0.39, 0.29) is 19.8 Å². The fraction of sp³-hybridized carbons (Fsp3) is 0.467. The van der Waals surface area contributed by atoms with Gasteiger partial charge in [-0.25, -0.2) is 9.59 Å². The molecule has 1 aromatic rings. The van der Waals surface area contributed by atoms with E-state index in [2.05, 4.69) is 5.32 Å². The lowest BCUT2D eigenvalue weighted by Gasteiger charge is -2.35. The third kappa shape index (κ3) is 3.00. The molecule has 114 valence electrons. The van der Waals surface area contributed by atoms with E-state index < -0.39 is 23.0 Å². The molecular formula is C15H19NO5. The van der Waals surface area contributed by atoms with Crippen LogP contribution in [0.3, 0.4) is 0 Å². The Morgan fingerprint density at radius 2 is 1.95 bits per heavy atom. The van der Waals surface area contributed by atoms with Gasteiger partial charge in [0.05, 0.1) is 13.2 Å². The van der Waals surface area contributed by atoms with Crippen LogP contribution >= 0.6 is 0 Å². The first-order valence-electron chi connectivity index (χ1n) is 6.67. The Bertz CT molecular complexity index is 528. The van der Waals surface area contributed by atoms with Crippen molar-refractivity contribution in [3.05, 3.63) is 35.9 Å².